The fourth-order valence-electron chi connectivity index (χ4n) is 4.58. The average Bonchev–Trinajstić information content (AvgIpc) is 2.90. The molecule has 1 fully saturated rings. The zero-order valence-corrected chi connectivity index (χ0v) is 19.9. The number of hydrogen-bond acceptors (Lipinski definition) is 6. The highest BCUT2D eigenvalue weighted by atomic mass is 16.2. The molecule has 0 aliphatic carbocycles. The van der Waals surface area contributed by atoms with Crippen LogP contribution in [0.2, 0.25) is 0 Å². The number of fused-ring (bicyclic) bond motifs is 1. The van der Waals surface area contributed by atoms with E-state index in [9.17, 15) is 9.59 Å². The molecule has 0 saturated carbocycles. The molecule has 0 aromatic heterocycles. The number of nitrogens with zero attached hydrogens (tertiary/aromatic N) is 2. The maximum absolute atomic E-state index is 12.7. The summed E-state index contributed by atoms with van der Waals surface area (Å²) in [5.41, 5.74) is 5.60. The lowest BCUT2D eigenvalue weighted by Crippen LogP contribution is -2.36. The van der Waals surface area contributed by atoms with Crippen LogP contribution in [-0.4, -0.2) is 29.8 Å². The molecule has 2 amide bonds. The molecule has 5 rings (SSSR count). The van der Waals surface area contributed by atoms with Gasteiger partial charge in [-0.15, -0.1) is 0 Å². The number of rotatable bonds is 6. The molecule has 1 saturated heterocycles. The molecule has 7 nitrogen and oxygen atoms in total. The summed E-state index contributed by atoms with van der Waals surface area (Å²) in [5, 5.41) is 17.9. The minimum absolute atomic E-state index is 0.380. The van der Waals surface area contributed by atoms with Crippen molar-refractivity contribution in [3.05, 3.63) is 95.2 Å². The van der Waals surface area contributed by atoms with E-state index < -0.39 is 11.8 Å². The first kappa shape index (κ1) is 23.3. The third-order valence-electron chi connectivity index (χ3n) is 6.52. The van der Waals surface area contributed by atoms with E-state index in [2.05, 4.69) is 39.1 Å². The zero-order valence-electron chi connectivity index (χ0n) is 19.9. The van der Waals surface area contributed by atoms with Crippen molar-refractivity contribution in [1.82, 2.24) is 10.2 Å². The minimum Gasteiger partial charge on any atom is -0.361 e. The summed E-state index contributed by atoms with van der Waals surface area (Å²) in [7, 11) is 0. The Balaban J connectivity index is 1.34. The summed E-state index contributed by atoms with van der Waals surface area (Å²) in [5.74, 6) is -0.864. The number of likely N-dealkylation sites (tertiary alicyclic amines) is 1. The standard InChI is InChI=1S/C29H27N5O2/c30-17-20-4-10-23(11-5-20)32-24-12-13-25-26(16-24)27(29(36)33-28(25)35)18-31-22-8-6-21(7-9-22)19-34-14-2-1-3-15-34/h4-13,16,18,31-32H,1-3,14-15,19H2,(H,33,35,36)/b27-18-. The van der Waals surface area contributed by atoms with Gasteiger partial charge in [0.15, 0.2) is 0 Å². The van der Waals surface area contributed by atoms with Crippen LogP contribution in [0.4, 0.5) is 17.1 Å². The van der Waals surface area contributed by atoms with Gasteiger partial charge in [-0.3, -0.25) is 19.8 Å². The normalized spacial score (nSPS) is 16.7. The highest BCUT2D eigenvalue weighted by Gasteiger charge is 2.27. The van der Waals surface area contributed by atoms with Gasteiger partial charge in [0.05, 0.1) is 17.2 Å². The molecule has 0 spiro atoms. The van der Waals surface area contributed by atoms with Crippen molar-refractivity contribution < 1.29 is 9.59 Å². The van der Waals surface area contributed by atoms with Gasteiger partial charge in [0.2, 0.25) is 0 Å². The highest BCUT2D eigenvalue weighted by Crippen LogP contribution is 2.29. The number of hydrogen-bond donors (Lipinski definition) is 3. The minimum atomic E-state index is -0.447. The van der Waals surface area contributed by atoms with Gasteiger partial charge >= 0.3 is 0 Å². The first-order chi connectivity index (χ1) is 17.6. The van der Waals surface area contributed by atoms with Crippen LogP contribution in [0.15, 0.2) is 72.9 Å². The number of imide groups is 1. The van der Waals surface area contributed by atoms with Gasteiger partial charge in [-0.1, -0.05) is 18.6 Å². The van der Waals surface area contributed by atoms with E-state index in [1.807, 2.05) is 24.3 Å². The van der Waals surface area contributed by atoms with E-state index in [0.717, 1.165) is 36.7 Å². The van der Waals surface area contributed by atoms with E-state index in [-0.39, 0.29) is 0 Å². The van der Waals surface area contributed by atoms with Crippen LogP contribution in [0.1, 0.15) is 46.3 Å². The zero-order chi connectivity index (χ0) is 24.9. The van der Waals surface area contributed by atoms with E-state index in [0.29, 0.717) is 22.3 Å². The average molecular weight is 478 g/mol. The Kier molecular flexibility index (Phi) is 6.78. The third-order valence-corrected chi connectivity index (χ3v) is 6.52. The molecule has 3 N–H and O–H groups in total. The highest BCUT2D eigenvalue weighted by molar-refractivity contribution is 6.31. The second-order valence-corrected chi connectivity index (χ2v) is 9.09. The number of carbonyl (C=O) groups is 2. The Morgan fingerprint density at radius 3 is 2.25 bits per heavy atom. The molecule has 2 heterocycles. The van der Waals surface area contributed by atoms with Crippen molar-refractivity contribution >= 4 is 34.4 Å². The van der Waals surface area contributed by atoms with Crippen LogP contribution in [0.25, 0.3) is 5.57 Å². The molecule has 180 valence electrons. The molecule has 7 heteroatoms. The van der Waals surface area contributed by atoms with E-state index >= 15 is 0 Å². The van der Waals surface area contributed by atoms with Crippen LogP contribution in [0, 0.1) is 11.3 Å². The Labute approximate surface area is 210 Å². The van der Waals surface area contributed by atoms with E-state index in [1.165, 1.54) is 24.8 Å². The lowest BCUT2D eigenvalue weighted by molar-refractivity contribution is -0.114. The van der Waals surface area contributed by atoms with Gasteiger partial charge in [0, 0.05) is 40.9 Å². The number of piperidine rings is 1. The lowest BCUT2D eigenvalue weighted by atomic mass is 9.94. The van der Waals surface area contributed by atoms with Crippen molar-refractivity contribution in [1.29, 1.82) is 5.26 Å². The molecule has 0 unspecified atom stereocenters. The van der Waals surface area contributed by atoms with Crippen LogP contribution in [-0.2, 0) is 11.3 Å². The summed E-state index contributed by atoms with van der Waals surface area (Å²) in [6, 6.07) is 22.7. The van der Waals surface area contributed by atoms with Crippen LogP contribution in [0.3, 0.4) is 0 Å². The Bertz CT molecular complexity index is 1350. The van der Waals surface area contributed by atoms with E-state index in [4.69, 9.17) is 5.26 Å². The molecule has 3 aromatic carbocycles. The van der Waals surface area contributed by atoms with Crippen molar-refractivity contribution in [2.45, 2.75) is 25.8 Å². The quantitative estimate of drug-likeness (QED) is 0.341. The molecule has 0 radical (unpaired) electrons. The Morgan fingerprint density at radius 1 is 0.833 bits per heavy atom. The van der Waals surface area contributed by atoms with Gasteiger partial charge in [-0.25, -0.2) is 0 Å². The third kappa shape index (κ3) is 5.29. The molecule has 3 aromatic rings. The number of nitrogens with one attached hydrogen (secondary N) is 3. The topological polar surface area (TPSA) is 97.3 Å². The molecular formula is C29H27N5O2. The van der Waals surface area contributed by atoms with Crippen LogP contribution in [0.5, 0.6) is 0 Å². The summed E-state index contributed by atoms with van der Waals surface area (Å²) >= 11 is 0. The summed E-state index contributed by atoms with van der Waals surface area (Å²) in [4.78, 5) is 27.6. The van der Waals surface area contributed by atoms with E-state index in [1.54, 1.807) is 36.5 Å². The molecule has 0 atom stereocenters. The maximum Gasteiger partial charge on any atom is 0.260 e. The number of nitriles is 1. The van der Waals surface area contributed by atoms with Crippen molar-refractivity contribution in [3.8, 4) is 6.07 Å². The van der Waals surface area contributed by atoms with Crippen LogP contribution < -0.4 is 16.0 Å². The first-order valence-electron chi connectivity index (χ1n) is 12.1. The fourth-order valence-corrected chi connectivity index (χ4v) is 4.58. The Morgan fingerprint density at radius 2 is 1.53 bits per heavy atom. The fraction of sp³-hybridized carbons (Fsp3) is 0.207. The second kappa shape index (κ2) is 10.5. The predicted molar refractivity (Wildman–Crippen MR) is 141 cm³/mol. The lowest BCUT2D eigenvalue weighted by Gasteiger charge is -2.26. The number of benzene rings is 3. The van der Waals surface area contributed by atoms with Gasteiger partial charge in [-0.2, -0.15) is 5.26 Å². The second-order valence-electron chi connectivity index (χ2n) is 9.09. The SMILES string of the molecule is N#Cc1ccc(Nc2ccc3c(c2)/C(=C/Nc2ccc(CN4CCCCC4)cc2)C(=O)NC3=O)cc1. The Hall–Kier alpha value is -4.41. The smallest absolute Gasteiger partial charge is 0.260 e. The maximum atomic E-state index is 12.7. The summed E-state index contributed by atoms with van der Waals surface area (Å²) < 4.78 is 0. The van der Waals surface area contributed by atoms with Crippen molar-refractivity contribution in [2.24, 2.45) is 0 Å². The van der Waals surface area contributed by atoms with Gasteiger partial charge < -0.3 is 10.6 Å². The van der Waals surface area contributed by atoms with Crippen LogP contribution >= 0.6 is 0 Å². The molecular weight excluding hydrogens is 450 g/mol. The summed E-state index contributed by atoms with van der Waals surface area (Å²) in [6.07, 6.45) is 5.50. The van der Waals surface area contributed by atoms with Crippen molar-refractivity contribution in [3.63, 3.8) is 0 Å². The molecule has 2 aliphatic rings. The summed E-state index contributed by atoms with van der Waals surface area (Å²) in [6.45, 7) is 3.26. The molecule has 2 aliphatic heterocycles. The number of carbonyl (C=O) groups excluding carboxylic acids is 2. The van der Waals surface area contributed by atoms with Gasteiger partial charge in [-0.05, 0) is 86.1 Å². The van der Waals surface area contributed by atoms with Crippen molar-refractivity contribution in [2.75, 3.05) is 23.7 Å². The number of amides is 2. The predicted octanol–water partition coefficient (Wildman–Crippen LogP) is 5.01. The first-order valence-corrected chi connectivity index (χ1v) is 12.1. The molecule has 0 bridgehead atoms. The molecule has 36 heavy (non-hydrogen) atoms. The van der Waals surface area contributed by atoms with Gasteiger partial charge in [0.1, 0.15) is 0 Å². The number of anilines is 3. The van der Waals surface area contributed by atoms with Gasteiger partial charge in [0.25, 0.3) is 11.8 Å². The monoisotopic (exact) mass is 477 g/mol. The largest absolute Gasteiger partial charge is 0.361 e.